The lowest BCUT2D eigenvalue weighted by atomic mass is 10.0. The number of hydrogen-bond donors (Lipinski definition) is 2. The Hall–Kier alpha value is -2.99. The minimum Gasteiger partial charge on any atom is -0.484 e. The quantitative estimate of drug-likeness (QED) is 0.529. The Morgan fingerprint density at radius 1 is 1.17 bits per heavy atom. The highest BCUT2D eigenvalue weighted by molar-refractivity contribution is 6.32. The first-order chi connectivity index (χ1) is 14.4. The molecule has 0 spiro atoms. The second-order valence-corrected chi connectivity index (χ2v) is 7.47. The number of carbonyl (C=O) groups excluding carboxylic acids is 2. The molecule has 1 aromatic heterocycles. The van der Waals surface area contributed by atoms with Crippen LogP contribution in [-0.2, 0) is 20.7 Å². The van der Waals surface area contributed by atoms with Gasteiger partial charge < -0.3 is 19.8 Å². The molecule has 0 saturated heterocycles. The number of esters is 1. The van der Waals surface area contributed by atoms with Crippen LogP contribution in [0.1, 0.15) is 23.6 Å². The van der Waals surface area contributed by atoms with Crippen molar-refractivity contribution < 1.29 is 19.1 Å². The number of aromatic nitrogens is 1. The highest BCUT2D eigenvalue weighted by Crippen LogP contribution is 2.25. The number of nitrogens with one attached hydrogen (secondary N) is 2. The van der Waals surface area contributed by atoms with Crippen LogP contribution < -0.4 is 10.1 Å². The maximum absolute atomic E-state index is 12.5. The Labute approximate surface area is 180 Å². The summed E-state index contributed by atoms with van der Waals surface area (Å²) in [6.07, 6.45) is 2.16. The minimum atomic E-state index is -0.811. The van der Waals surface area contributed by atoms with Gasteiger partial charge in [-0.3, -0.25) is 4.79 Å². The molecule has 2 aromatic carbocycles. The summed E-state index contributed by atoms with van der Waals surface area (Å²) in [6, 6.07) is 10.5. The molecule has 1 atom stereocenters. The SMILES string of the molecule is CCOC(=O)[C@H](Cc1c[nH]c2ccccc12)NC(=O)COc1cc(C)c(Cl)c(C)c1. The van der Waals surface area contributed by atoms with Gasteiger partial charge in [0.05, 0.1) is 6.61 Å². The molecule has 7 heteroatoms. The highest BCUT2D eigenvalue weighted by atomic mass is 35.5. The van der Waals surface area contributed by atoms with Crippen LogP contribution in [-0.4, -0.2) is 36.1 Å². The molecule has 3 aromatic rings. The molecule has 158 valence electrons. The second kappa shape index (κ2) is 9.67. The Bertz CT molecular complexity index is 1040. The highest BCUT2D eigenvalue weighted by Gasteiger charge is 2.24. The van der Waals surface area contributed by atoms with Gasteiger partial charge in [-0.15, -0.1) is 0 Å². The Morgan fingerprint density at radius 2 is 1.87 bits per heavy atom. The molecule has 0 aliphatic rings. The number of para-hydroxylation sites is 1. The van der Waals surface area contributed by atoms with E-state index in [0.29, 0.717) is 17.2 Å². The normalized spacial score (nSPS) is 11.9. The molecule has 30 heavy (non-hydrogen) atoms. The first-order valence-electron chi connectivity index (χ1n) is 9.79. The number of benzene rings is 2. The Morgan fingerprint density at radius 3 is 2.57 bits per heavy atom. The molecule has 0 radical (unpaired) electrons. The number of rotatable bonds is 8. The van der Waals surface area contributed by atoms with Gasteiger partial charge in [-0.2, -0.15) is 0 Å². The lowest BCUT2D eigenvalue weighted by Gasteiger charge is -2.17. The molecule has 0 fully saturated rings. The number of hydrogen-bond acceptors (Lipinski definition) is 4. The number of halogens is 1. The Balaban J connectivity index is 1.68. The molecular formula is C23H25ClN2O4. The lowest BCUT2D eigenvalue weighted by molar-refractivity contribution is -0.147. The van der Waals surface area contributed by atoms with E-state index in [1.165, 1.54) is 0 Å². The largest absolute Gasteiger partial charge is 0.484 e. The van der Waals surface area contributed by atoms with E-state index >= 15 is 0 Å². The van der Waals surface area contributed by atoms with Gasteiger partial charge in [0, 0.05) is 28.5 Å². The molecule has 6 nitrogen and oxygen atoms in total. The van der Waals surface area contributed by atoms with Gasteiger partial charge in [0.15, 0.2) is 6.61 Å². The van der Waals surface area contributed by atoms with Crippen molar-refractivity contribution >= 4 is 34.4 Å². The predicted molar refractivity (Wildman–Crippen MR) is 117 cm³/mol. The topological polar surface area (TPSA) is 80.4 Å². The predicted octanol–water partition coefficient (Wildman–Crippen LogP) is 4.11. The van der Waals surface area contributed by atoms with Crippen molar-refractivity contribution in [3.8, 4) is 5.75 Å². The summed E-state index contributed by atoms with van der Waals surface area (Å²) in [4.78, 5) is 28.1. The molecule has 0 unspecified atom stereocenters. The molecule has 1 heterocycles. The third-order valence-corrected chi connectivity index (χ3v) is 5.38. The van der Waals surface area contributed by atoms with Gasteiger partial charge >= 0.3 is 5.97 Å². The molecular weight excluding hydrogens is 404 g/mol. The fourth-order valence-corrected chi connectivity index (χ4v) is 3.44. The van der Waals surface area contributed by atoms with Crippen molar-refractivity contribution in [2.75, 3.05) is 13.2 Å². The van der Waals surface area contributed by atoms with E-state index in [-0.39, 0.29) is 13.2 Å². The van der Waals surface area contributed by atoms with Crippen LogP contribution in [0.4, 0.5) is 0 Å². The van der Waals surface area contributed by atoms with Crippen molar-refractivity contribution in [1.82, 2.24) is 10.3 Å². The van der Waals surface area contributed by atoms with Crippen LogP contribution in [0.5, 0.6) is 5.75 Å². The maximum Gasteiger partial charge on any atom is 0.328 e. The molecule has 0 bridgehead atoms. The molecule has 0 saturated carbocycles. The van der Waals surface area contributed by atoms with Crippen molar-refractivity contribution in [2.45, 2.75) is 33.2 Å². The van der Waals surface area contributed by atoms with Gasteiger partial charge in [-0.25, -0.2) is 4.79 Å². The number of H-pyrrole nitrogens is 1. The smallest absolute Gasteiger partial charge is 0.328 e. The Kier molecular flexibility index (Phi) is 7.00. The molecule has 3 rings (SSSR count). The summed E-state index contributed by atoms with van der Waals surface area (Å²) in [6.45, 7) is 5.50. The van der Waals surface area contributed by atoms with Crippen LogP contribution in [0.3, 0.4) is 0 Å². The number of aromatic amines is 1. The summed E-state index contributed by atoms with van der Waals surface area (Å²) in [7, 11) is 0. The van der Waals surface area contributed by atoms with Crippen molar-refractivity contribution in [1.29, 1.82) is 0 Å². The number of amides is 1. The van der Waals surface area contributed by atoms with Gasteiger partial charge in [0.2, 0.25) is 0 Å². The first kappa shape index (κ1) is 21.7. The van der Waals surface area contributed by atoms with Crippen molar-refractivity contribution in [3.63, 3.8) is 0 Å². The summed E-state index contributed by atoms with van der Waals surface area (Å²) in [5.74, 6) is -0.332. The van der Waals surface area contributed by atoms with Crippen LogP contribution in [0.25, 0.3) is 10.9 Å². The summed E-state index contributed by atoms with van der Waals surface area (Å²) < 4.78 is 10.8. The van der Waals surface area contributed by atoms with E-state index < -0.39 is 17.9 Å². The van der Waals surface area contributed by atoms with Gasteiger partial charge in [-0.05, 0) is 55.7 Å². The monoisotopic (exact) mass is 428 g/mol. The van der Waals surface area contributed by atoms with E-state index in [0.717, 1.165) is 27.6 Å². The fraction of sp³-hybridized carbons (Fsp3) is 0.304. The number of ether oxygens (including phenoxy) is 2. The van der Waals surface area contributed by atoms with E-state index in [4.69, 9.17) is 21.1 Å². The summed E-state index contributed by atoms with van der Waals surface area (Å²) in [5.41, 5.74) is 3.64. The molecule has 0 aliphatic heterocycles. The van der Waals surface area contributed by atoms with Crippen LogP contribution >= 0.6 is 11.6 Å². The zero-order valence-electron chi connectivity index (χ0n) is 17.3. The van der Waals surface area contributed by atoms with E-state index in [1.807, 2.05) is 44.3 Å². The standard InChI is InChI=1S/C23H25ClN2O4/c1-4-29-23(28)20(11-16-12-25-19-8-6-5-7-18(16)19)26-21(27)13-30-17-9-14(2)22(24)15(3)10-17/h5-10,12,20,25H,4,11,13H2,1-3H3,(H,26,27)/t20-/m0/s1. The van der Waals surface area contributed by atoms with Gasteiger partial charge in [0.1, 0.15) is 11.8 Å². The van der Waals surface area contributed by atoms with Crippen molar-refractivity contribution in [3.05, 3.63) is 64.3 Å². The number of fused-ring (bicyclic) bond motifs is 1. The number of carbonyl (C=O) groups is 2. The summed E-state index contributed by atoms with van der Waals surface area (Å²) in [5, 5.41) is 4.42. The second-order valence-electron chi connectivity index (χ2n) is 7.10. The maximum atomic E-state index is 12.5. The van der Waals surface area contributed by atoms with Gasteiger partial charge in [-0.1, -0.05) is 29.8 Å². The number of aryl methyl sites for hydroxylation is 2. The van der Waals surface area contributed by atoms with Crippen LogP contribution in [0.15, 0.2) is 42.6 Å². The van der Waals surface area contributed by atoms with E-state index in [1.54, 1.807) is 19.1 Å². The third-order valence-electron chi connectivity index (χ3n) is 4.79. The summed E-state index contributed by atoms with van der Waals surface area (Å²) >= 11 is 6.17. The average Bonchev–Trinajstić information content (AvgIpc) is 3.13. The molecule has 1 amide bonds. The van der Waals surface area contributed by atoms with E-state index in [9.17, 15) is 9.59 Å². The lowest BCUT2D eigenvalue weighted by Crippen LogP contribution is -2.45. The van der Waals surface area contributed by atoms with E-state index in [2.05, 4.69) is 10.3 Å². The van der Waals surface area contributed by atoms with Crippen LogP contribution in [0, 0.1) is 13.8 Å². The zero-order chi connectivity index (χ0) is 21.7. The average molecular weight is 429 g/mol. The van der Waals surface area contributed by atoms with Crippen LogP contribution in [0.2, 0.25) is 5.02 Å². The first-order valence-corrected chi connectivity index (χ1v) is 10.2. The van der Waals surface area contributed by atoms with Crippen molar-refractivity contribution in [2.24, 2.45) is 0 Å². The molecule has 2 N–H and O–H groups in total. The molecule has 0 aliphatic carbocycles. The third kappa shape index (κ3) is 5.13. The fourth-order valence-electron chi connectivity index (χ4n) is 3.33. The minimum absolute atomic E-state index is 0.218. The zero-order valence-corrected chi connectivity index (χ0v) is 18.0. The van der Waals surface area contributed by atoms with Gasteiger partial charge in [0.25, 0.3) is 5.91 Å².